The summed E-state index contributed by atoms with van der Waals surface area (Å²) in [5.74, 6) is 0.799. The lowest BCUT2D eigenvalue weighted by atomic mass is 9.96. The molecule has 0 fully saturated rings. The summed E-state index contributed by atoms with van der Waals surface area (Å²) in [6, 6.07) is 0. The van der Waals surface area contributed by atoms with Crippen LogP contribution in [0.2, 0.25) is 0 Å². The van der Waals surface area contributed by atoms with Gasteiger partial charge in [0.1, 0.15) is 6.29 Å². The average molecular weight is 140 g/mol. The zero-order valence-corrected chi connectivity index (χ0v) is 6.84. The molecule has 2 atom stereocenters. The van der Waals surface area contributed by atoms with E-state index in [1.807, 2.05) is 13.0 Å². The lowest BCUT2D eigenvalue weighted by Crippen LogP contribution is -2.02. The van der Waals surface area contributed by atoms with Crippen molar-refractivity contribution in [2.75, 3.05) is 0 Å². The van der Waals surface area contributed by atoms with Gasteiger partial charge in [-0.25, -0.2) is 0 Å². The van der Waals surface area contributed by atoms with Gasteiger partial charge >= 0.3 is 0 Å². The van der Waals surface area contributed by atoms with Crippen LogP contribution in [0.5, 0.6) is 0 Å². The molecule has 0 aromatic carbocycles. The first-order valence-electron chi connectivity index (χ1n) is 3.76. The maximum Gasteiger partial charge on any atom is 0.122 e. The molecule has 0 saturated heterocycles. The number of allylic oxidation sites excluding steroid dienone is 1. The highest BCUT2D eigenvalue weighted by Crippen LogP contribution is 2.13. The Morgan fingerprint density at radius 1 is 1.50 bits per heavy atom. The molecule has 0 aliphatic rings. The molecular weight excluding hydrogens is 124 g/mol. The molecular formula is C9H16O. The largest absolute Gasteiger partial charge is 0.303 e. The Kier molecular flexibility index (Phi) is 4.91. The Hall–Kier alpha value is -0.590. The van der Waals surface area contributed by atoms with Gasteiger partial charge in [0.25, 0.3) is 0 Å². The minimum absolute atomic E-state index is 0.204. The Morgan fingerprint density at radius 3 is 2.50 bits per heavy atom. The third-order valence-corrected chi connectivity index (χ3v) is 1.58. The standard InChI is InChI=1S/C9H16O/c1-4-5-8(2)6-9(3)7-10/h4,7-9H,1,5-6H2,2-3H3/t8-,9-/m0/s1. The van der Waals surface area contributed by atoms with Crippen LogP contribution in [0.15, 0.2) is 12.7 Å². The summed E-state index contributed by atoms with van der Waals surface area (Å²) in [4.78, 5) is 10.2. The first-order chi connectivity index (χ1) is 4.70. The molecule has 0 bridgehead atoms. The molecule has 58 valence electrons. The van der Waals surface area contributed by atoms with Crippen molar-refractivity contribution in [1.82, 2.24) is 0 Å². The van der Waals surface area contributed by atoms with E-state index < -0.39 is 0 Å². The maximum absolute atomic E-state index is 10.2. The highest BCUT2D eigenvalue weighted by molar-refractivity contribution is 5.52. The number of hydrogen-bond acceptors (Lipinski definition) is 1. The van der Waals surface area contributed by atoms with Crippen molar-refractivity contribution in [3.8, 4) is 0 Å². The molecule has 1 heteroatoms. The normalized spacial score (nSPS) is 15.8. The second kappa shape index (κ2) is 5.21. The van der Waals surface area contributed by atoms with Crippen LogP contribution in [0.1, 0.15) is 26.7 Å². The van der Waals surface area contributed by atoms with E-state index in [4.69, 9.17) is 0 Å². The predicted molar refractivity (Wildman–Crippen MR) is 43.8 cm³/mol. The number of rotatable bonds is 5. The van der Waals surface area contributed by atoms with Crippen molar-refractivity contribution in [1.29, 1.82) is 0 Å². The monoisotopic (exact) mass is 140 g/mol. The molecule has 0 aromatic heterocycles. The van der Waals surface area contributed by atoms with Crippen molar-refractivity contribution in [3.05, 3.63) is 12.7 Å². The summed E-state index contributed by atoms with van der Waals surface area (Å²) in [5, 5.41) is 0. The van der Waals surface area contributed by atoms with Crippen LogP contribution in [0.25, 0.3) is 0 Å². The molecule has 0 N–H and O–H groups in total. The fourth-order valence-corrected chi connectivity index (χ4v) is 1.07. The van der Waals surface area contributed by atoms with Crippen molar-refractivity contribution < 1.29 is 4.79 Å². The fourth-order valence-electron chi connectivity index (χ4n) is 1.07. The Bertz CT molecular complexity index is 107. The number of aldehydes is 1. The summed E-state index contributed by atoms with van der Waals surface area (Å²) in [7, 11) is 0. The van der Waals surface area contributed by atoms with E-state index in [-0.39, 0.29) is 5.92 Å². The van der Waals surface area contributed by atoms with Gasteiger partial charge in [0.2, 0.25) is 0 Å². The summed E-state index contributed by atoms with van der Waals surface area (Å²) >= 11 is 0. The van der Waals surface area contributed by atoms with Gasteiger partial charge < -0.3 is 4.79 Å². The van der Waals surface area contributed by atoms with Gasteiger partial charge in [0.05, 0.1) is 0 Å². The molecule has 0 spiro atoms. The molecule has 0 aliphatic heterocycles. The van der Waals surface area contributed by atoms with Crippen LogP contribution in [0.3, 0.4) is 0 Å². The summed E-state index contributed by atoms with van der Waals surface area (Å²) in [6.45, 7) is 7.74. The second-order valence-electron chi connectivity index (χ2n) is 2.98. The van der Waals surface area contributed by atoms with Gasteiger partial charge in [-0.15, -0.1) is 6.58 Å². The number of carbonyl (C=O) groups is 1. The van der Waals surface area contributed by atoms with Crippen LogP contribution in [-0.4, -0.2) is 6.29 Å². The number of hydrogen-bond donors (Lipinski definition) is 0. The van der Waals surface area contributed by atoms with Crippen molar-refractivity contribution >= 4 is 6.29 Å². The van der Waals surface area contributed by atoms with Crippen LogP contribution < -0.4 is 0 Å². The third kappa shape index (κ3) is 4.30. The van der Waals surface area contributed by atoms with Crippen molar-refractivity contribution in [2.45, 2.75) is 26.7 Å². The van der Waals surface area contributed by atoms with Gasteiger partial charge in [0, 0.05) is 5.92 Å². The molecule has 0 rings (SSSR count). The van der Waals surface area contributed by atoms with Crippen molar-refractivity contribution in [2.24, 2.45) is 11.8 Å². The Morgan fingerprint density at radius 2 is 2.10 bits per heavy atom. The van der Waals surface area contributed by atoms with Crippen molar-refractivity contribution in [3.63, 3.8) is 0 Å². The highest BCUT2D eigenvalue weighted by Gasteiger charge is 2.04. The van der Waals surface area contributed by atoms with Crippen LogP contribution in [0.4, 0.5) is 0 Å². The van der Waals surface area contributed by atoms with Crippen LogP contribution in [-0.2, 0) is 4.79 Å². The summed E-state index contributed by atoms with van der Waals surface area (Å²) in [6.07, 6.45) is 4.91. The van der Waals surface area contributed by atoms with Crippen LogP contribution >= 0.6 is 0 Å². The van der Waals surface area contributed by atoms with E-state index >= 15 is 0 Å². The van der Waals surface area contributed by atoms with Gasteiger partial charge in [-0.3, -0.25) is 0 Å². The minimum Gasteiger partial charge on any atom is -0.303 e. The molecule has 10 heavy (non-hydrogen) atoms. The lowest BCUT2D eigenvalue weighted by Gasteiger charge is -2.09. The average Bonchev–Trinajstić information content (AvgIpc) is 1.88. The zero-order valence-electron chi connectivity index (χ0n) is 6.84. The predicted octanol–water partition coefficient (Wildman–Crippen LogP) is 2.42. The van der Waals surface area contributed by atoms with E-state index in [9.17, 15) is 4.79 Å². The molecule has 1 nitrogen and oxygen atoms in total. The molecule has 0 aliphatic carbocycles. The van der Waals surface area contributed by atoms with Gasteiger partial charge in [-0.2, -0.15) is 0 Å². The minimum atomic E-state index is 0.204. The van der Waals surface area contributed by atoms with Crippen LogP contribution in [0, 0.1) is 11.8 Å². The smallest absolute Gasteiger partial charge is 0.122 e. The maximum atomic E-state index is 10.2. The van der Waals surface area contributed by atoms with E-state index in [0.717, 1.165) is 19.1 Å². The summed E-state index contributed by atoms with van der Waals surface area (Å²) < 4.78 is 0. The van der Waals surface area contributed by atoms with E-state index in [1.165, 1.54) is 0 Å². The first-order valence-corrected chi connectivity index (χ1v) is 3.76. The third-order valence-electron chi connectivity index (χ3n) is 1.58. The highest BCUT2D eigenvalue weighted by atomic mass is 16.1. The zero-order chi connectivity index (χ0) is 7.98. The molecule has 0 heterocycles. The molecule has 0 amide bonds. The fraction of sp³-hybridized carbons (Fsp3) is 0.667. The Labute approximate surface area is 63.1 Å². The molecule has 0 unspecified atom stereocenters. The Balaban J connectivity index is 3.45. The molecule has 0 aromatic rings. The van der Waals surface area contributed by atoms with E-state index in [0.29, 0.717) is 5.92 Å². The molecule has 0 radical (unpaired) electrons. The van der Waals surface area contributed by atoms with Gasteiger partial charge in [-0.1, -0.05) is 19.9 Å². The topological polar surface area (TPSA) is 17.1 Å². The van der Waals surface area contributed by atoms with Gasteiger partial charge in [0.15, 0.2) is 0 Å². The van der Waals surface area contributed by atoms with E-state index in [1.54, 1.807) is 0 Å². The van der Waals surface area contributed by atoms with Gasteiger partial charge in [-0.05, 0) is 18.8 Å². The molecule has 0 saturated carbocycles. The summed E-state index contributed by atoms with van der Waals surface area (Å²) in [5.41, 5.74) is 0. The SMILES string of the molecule is C=CC[C@H](C)C[C@H](C)C=O. The first kappa shape index (κ1) is 9.41. The number of carbonyl (C=O) groups excluding carboxylic acids is 1. The lowest BCUT2D eigenvalue weighted by molar-refractivity contribution is -0.111. The van der Waals surface area contributed by atoms with E-state index in [2.05, 4.69) is 13.5 Å². The quantitative estimate of drug-likeness (QED) is 0.423. The second-order valence-corrected chi connectivity index (χ2v) is 2.98.